The van der Waals surface area contributed by atoms with Gasteiger partial charge in [0, 0.05) is 62.4 Å². The van der Waals surface area contributed by atoms with Gasteiger partial charge in [-0.2, -0.15) is 0 Å². The molecular formula is H6Fe5N3O24S6. The first-order valence-electron chi connectivity index (χ1n) is 4.00. The van der Waals surface area contributed by atoms with Crippen molar-refractivity contribution < 1.29 is 190 Å². The summed E-state index contributed by atoms with van der Waals surface area (Å²) in [6.45, 7) is 0. The summed E-state index contributed by atoms with van der Waals surface area (Å²) in [6, 6.07) is 0. The fourth-order valence-corrected chi connectivity index (χ4v) is 0. The molecule has 0 bridgehead atoms. The fraction of sp³-hybridized carbons (Fsp3) is 0. The predicted molar refractivity (Wildman–Crippen MR) is 78.7 cm³/mol. The van der Waals surface area contributed by atoms with Crippen molar-refractivity contribution in [2.24, 2.45) is 0 Å². The van der Waals surface area contributed by atoms with Gasteiger partial charge in [0.15, 0.2) is 0 Å². The SMILES string of the molecule is O=S(=O)([O-])[O-].O=S(=O)([O-])[O-].O=S(=O)([O-])[O-].O=S(=O)([O-])[O-].O=S(=O)([O-])[O-].O=S(=O)([O-])[O-].[Fe+3].[Fe+3].[Fe+3].[Fe+3].[Fe+3].[NH2-].[NH2-].[NH2-]. The van der Waals surface area contributed by atoms with Crippen molar-refractivity contribution in [2.45, 2.75) is 0 Å². The Bertz CT molecular complexity index is 789. The maximum absolute atomic E-state index is 8.52. The van der Waals surface area contributed by atoms with Gasteiger partial charge in [0.25, 0.3) is 0 Å². The third kappa shape index (κ3) is 17600. The molecule has 0 heterocycles. The van der Waals surface area contributed by atoms with E-state index in [1.54, 1.807) is 0 Å². The molecule has 0 spiro atoms. The minimum absolute atomic E-state index is 0. The molecule has 0 unspecified atom stereocenters. The third-order valence-electron chi connectivity index (χ3n) is 0. The van der Waals surface area contributed by atoms with E-state index in [1.807, 2.05) is 0 Å². The first-order chi connectivity index (χ1) is 12.0. The minimum atomic E-state index is -5.17. The van der Waals surface area contributed by atoms with Crippen LogP contribution in [0.5, 0.6) is 0 Å². The maximum Gasteiger partial charge on any atom is 3.00 e. The standard InChI is InChI=1S/5Fe.3H2N.6H2O4S/c;;;;;;;;6*1-5(2,3)4/h;;;;;3*1H2;6*(H2,1,2,3,4)/q5*+3;3*-1;;;;;;/p-12. The van der Waals surface area contributed by atoms with Crippen molar-refractivity contribution in [1.82, 2.24) is 0 Å². The topological polar surface area (TPSA) is 582 Å². The Labute approximate surface area is 269 Å². The number of rotatable bonds is 0. The van der Waals surface area contributed by atoms with E-state index in [0.29, 0.717) is 0 Å². The Balaban J connectivity index is -0.0000000145. The van der Waals surface area contributed by atoms with Crippen LogP contribution in [0.15, 0.2) is 0 Å². The summed E-state index contributed by atoms with van der Waals surface area (Å²) in [5, 5.41) is 0. The largest absolute Gasteiger partial charge is 3.00 e. The molecule has 38 heteroatoms. The van der Waals surface area contributed by atoms with E-state index in [4.69, 9.17) is 105 Å². The number of nitrogens with two attached hydrogens (primary N) is 3. The summed E-state index contributed by atoms with van der Waals surface area (Å²) in [7, 11) is -31.0. The smallest absolute Gasteiger partial charge is 0.759 e. The molecule has 6 N–H and O–H groups in total. The molecule has 241 valence electrons. The molecule has 38 heavy (non-hydrogen) atoms. The van der Waals surface area contributed by atoms with Crippen LogP contribution in [0.4, 0.5) is 0 Å². The predicted octanol–water partition coefficient (Wildman–Crippen LogP) is -5.89. The number of hydrogen-bond acceptors (Lipinski definition) is 24. The molecule has 0 saturated carbocycles. The third-order valence-corrected chi connectivity index (χ3v) is 0. The molecule has 0 amide bonds. The summed E-state index contributed by atoms with van der Waals surface area (Å²) >= 11 is 0. The summed E-state index contributed by atoms with van der Waals surface area (Å²) in [5.41, 5.74) is 0. The Morgan fingerprint density at radius 2 is 0.211 bits per heavy atom. The molecule has 0 saturated heterocycles. The summed E-state index contributed by atoms with van der Waals surface area (Å²) in [5.74, 6) is 0. The van der Waals surface area contributed by atoms with Crippen LogP contribution in [0.3, 0.4) is 0 Å². The second-order valence-corrected chi connectivity index (χ2v) is 7.35. The molecule has 0 aromatic heterocycles. The number of hydrogen-bond donors (Lipinski definition) is 0. The van der Waals surface area contributed by atoms with E-state index < -0.39 is 62.4 Å². The quantitative estimate of drug-likeness (QED) is 0.124. The van der Waals surface area contributed by atoms with Gasteiger partial charge in [-0.05, 0) is 0 Å². The summed E-state index contributed by atoms with van der Waals surface area (Å²) in [4.78, 5) is 0. The van der Waals surface area contributed by atoms with Crippen molar-refractivity contribution in [3.05, 3.63) is 18.5 Å². The van der Waals surface area contributed by atoms with Gasteiger partial charge < -0.3 is 73.1 Å². The van der Waals surface area contributed by atoms with Gasteiger partial charge in [-0.15, -0.1) is 0 Å². The van der Waals surface area contributed by atoms with Crippen molar-refractivity contribution >= 4 is 62.4 Å². The Morgan fingerprint density at radius 3 is 0.211 bits per heavy atom. The molecular weight excluding hydrogens is 898 g/mol. The molecule has 0 aliphatic carbocycles. The maximum atomic E-state index is 8.52. The van der Waals surface area contributed by atoms with Gasteiger partial charge >= 0.3 is 85.3 Å². The van der Waals surface area contributed by atoms with E-state index in [1.165, 1.54) is 0 Å². The zero-order valence-electron chi connectivity index (χ0n) is 15.7. The van der Waals surface area contributed by atoms with Gasteiger partial charge in [0.2, 0.25) is 0 Å². The molecule has 5 radical (unpaired) electrons. The normalized spacial score (nSPS) is 9.16. The first kappa shape index (κ1) is 90.0. The molecule has 0 atom stereocenters. The monoisotopic (exact) mass is 903 g/mol. The Morgan fingerprint density at radius 1 is 0.211 bits per heavy atom. The summed E-state index contributed by atoms with van der Waals surface area (Å²) in [6.07, 6.45) is 0. The Kier molecular flexibility index (Phi) is 91.7. The molecule has 0 fully saturated rings. The van der Waals surface area contributed by atoms with Crippen LogP contribution < -0.4 is 0 Å². The van der Waals surface area contributed by atoms with Gasteiger partial charge in [-0.3, -0.25) is 50.5 Å². The van der Waals surface area contributed by atoms with E-state index in [0.717, 1.165) is 0 Å². The van der Waals surface area contributed by atoms with Crippen LogP contribution in [0.2, 0.25) is 0 Å². The minimum Gasteiger partial charge on any atom is -0.759 e. The average Bonchev–Trinajstić information content (AvgIpc) is 1.94. The van der Waals surface area contributed by atoms with Crippen molar-refractivity contribution in [2.75, 3.05) is 0 Å². The first-order valence-corrected chi connectivity index (χ1v) is 12.0. The van der Waals surface area contributed by atoms with E-state index in [2.05, 4.69) is 0 Å². The zero-order chi connectivity index (χ0) is 27.0. The van der Waals surface area contributed by atoms with Gasteiger partial charge in [-0.1, -0.05) is 0 Å². The van der Waals surface area contributed by atoms with Gasteiger partial charge in [0.05, 0.1) is 0 Å². The van der Waals surface area contributed by atoms with Crippen LogP contribution in [-0.2, 0) is 148 Å². The molecule has 0 aliphatic rings. The fourth-order valence-electron chi connectivity index (χ4n) is 0. The van der Waals surface area contributed by atoms with Gasteiger partial charge in [0.1, 0.15) is 0 Å². The molecule has 0 aromatic rings. The van der Waals surface area contributed by atoms with Crippen LogP contribution in [0.25, 0.3) is 18.5 Å². The molecule has 0 aliphatic heterocycles. The van der Waals surface area contributed by atoms with E-state index in [9.17, 15) is 0 Å². The average molecular weight is 904 g/mol. The van der Waals surface area contributed by atoms with Gasteiger partial charge in [-0.25, -0.2) is 0 Å². The van der Waals surface area contributed by atoms with Crippen molar-refractivity contribution in [1.29, 1.82) is 0 Å². The van der Waals surface area contributed by atoms with Crippen molar-refractivity contribution in [3.63, 3.8) is 0 Å². The van der Waals surface area contributed by atoms with E-state index >= 15 is 0 Å². The molecule has 0 aromatic carbocycles. The second-order valence-electron chi connectivity index (χ2n) is 2.45. The zero-order valence-corrected chi connectivity index (χ0v) is 26.2. The van der Waals surface area contributed by atoms with E-state index in [-0.39, 0.29) is 104 Å². The van der Waals surface area contributed by atoms with Crippen LogP contribution >= 0.6 is 0 Å². The molecule has 27 nitrogen and oxygen atoms in total. The Hall–Kier alpha value is 1.70. The molecule has 0 rings (SSSR count). The second kappa shape index (κ2) is 38.7. The summed E-state index contributed by atoms with van der Waals surface area (Å²) < 4.78 is 205. The van der Waals surface area contributed by atoms with Crippen LogP contribution in [0.1, 0.15) is 0 Å². The van der Waals surface area contributed by atoms with Crippen LogP contribution in [-0.4, -0.2) is 105 Å². The van der Waals surface area contributed by atoms with Crippen molar-refractivity contribution in [3.8, 4) is 0 Å². The van der Waals surface area contributed by atoms with Crippen LogP contribution in [0, 0.1) is 0 Å².